The molecule has 0 aliphatic heterocycles. The van der Waals surface area contributed by atoms with Crippen molar-refractivity contribution in [2.24, 2.45) is 0 Å². The lowest BCUT2D eigenvalue weighted by Crippen LogP contribution is -1.88. The Hall–Kier alpha value is -0.915. The molecule has 2 radical (unpaired) electrons. The molecular weight excluding hydrogens is 135 g/mol. The third-order valence-electron chi connectivity index (χ3n) is 1.79. The highest BCUT2D eigenvalue weighted by atomic mass is 16.3. The van der Waals surface area contributed by atoms with Gasteiger partial charge in [0.1, 0.15) is 5.75 Å². The molecule has 11 heavy (non-hydrogen) atoms. The van der Waals surface area contributed by atoms with E-state index in [1.54, 1.807) is 0 Å². The Morgan fingerprint density at radius 2 is 1.73 bits per heavy atom. The van der Waals surface area contributed by atoms with Gasteiger partial charge in [0, 0.05) is 0 Å². The third kappa shape index (κ3) is 1.56. The highest BCUT2D eigenvalue weighted by Crippen LogP contribution is 2.22. The van der Waals surface area contributed by atoms with Crippen molar-refractivity contribution in [3.05, 3.63) is 28.8 Å². The first kappa shape index (κ1) is 8.18. The number of aromatic hydroxyl groups is 1. The molecule has 1 N–H and O–H groups in total. The van der Waals surface area contributed by atoms with Crippen molar-refractivity contribution in [3.8, 4) is 5.75 Å². The molecule has 0 aromatic heterocycles. The molecular formula is C9H11BO. The third-order valence-corrected chi connectivity index (χ3v) is 1.79. The number of benzene rings is 1. The normalized spacial score (nSPS) is 10.0. The van der Waals surface area contributed by atoms with Gasteiger partial charge < -0.3 is 5.11 Å². The van der Waals surface area contributed by atoms with E-state index >= 15 is 0 Å². The van der Waals surface area contributed by atoms with Gasteiger partial charge >= 0.3 is 0 Å². The Balaban J connectivity index is 3.21. The largest absolute Gasteiger partial charge is 0.507 e. The molecule has 0 unspecified atom stereocenters. The zero-order chi connectivity index (χ0) is 8.43. The summed E-state index contributed by atoms with van der Waals surface area (Å²) in [6.45, 7) is 3.75. The van der Waals surface area contributed by atoms with Gasteiger partial charge in [0.05, 0.1) is 7.85 Å². The van der Waals surface area contributed by atoms with Crippen LogP contribution in [-0.2, 0) is 6.32 Å². The van der Waals surface area contributed by atoms with E-state index < -0.39 is 0 Å². The molecule has 0 aliphatic rings. The summed E-state index contributed by atoms with van der Waals surface area (Å²) >= 11 is 0. The predicted octanol–water partition coefficient (Wildman–Crippen LogP) is 1.68. The first-order chi connectivity index (χ1) is 5.15. The van der Waals surface area contributed by atoms with Crippen LogP contribution in [-0.4, -0.2) is 13.0 Å². The van der Waals surface area contributed by atoms with Gasteiger partial charge in [-0.25, -0.2) is 0 Å². The molecule has 0 heterocycles. The Bertz CT molecular complexity index is 245. The number of hydrogen-bond donors (Lipinski definition) is 1. The fourth-order valence-electron chi connectivity index (χ4n) is 1.16. The van der Waals surface area contributed by atoms with Crippen LogP contribution in [0.15, 0.2) is 12.1 Å². The van der Waals surface area contributed by atoms with Crippen LogP contribution in [0.3, 0.4) is 0 Å². The summed E-state index contributed by atoms with van der Waals surface area (Å²) < 4.78 is 0. The molecule has 0 atom stereocenters. The van der Waals surface area contributed by atoms with E-state index in [1.165, 1.54) is 0 Å². The van der Waals surface area contributed by atoms with Crippen LogP contribution < -0.4 is 0 Å². The molecule has 1 rings (SSSR count). The lowest BCUT2D eigenvalue weighted by Gasteiger charge is -2.05. The summed E-state index contributed by atoms with van der Waals surface area (Å²) in [6, 6.07) is 3.81. The van der Waals surface area contributed by atoms with Crippen LogP contribution in [0.4, 0.5) is 0 Å². The summed E-state index contributed by atoms with van der Waals surface area (Å²) in [7, 11) is 5.46. The molecule has 1 nitrogen and oxygen atoms in total. The minimum Gasteiger partial charge on any atom is -0.507 e. The van der Waals surface area contributed by atoms with Crippen molar-refractivity contribution < 1.29 is 5.11 Å². The maximum absolute atomic E-state index is 9.39. The topological polar surface area (TPSA) is 20.2 Å². The number of aryl methyl sites for hydroxylation is 2. The van der Waals surface area contributed by atoms with Gasteiger partial charge in [-0.05, 0) is 25.0 Å². The second kappa shape index (κ2) is 2.99. The molecule has 1 aromatic carbocycles. The molecule has 0 amide bonds. The first-order valence-corrected chi connectivity index (χ1v) is 3.64. The van der Waals surface area contributed by atoms with E-state index in [9.17, 15) is 5.11 Å². The van der Waals surface area contributed by atoms with Gasteiger partial charge in [-0.1, -0.05) is 24.0 Å². The van der Waals surface area contributed by atoms with Crippen molar-refractivity contribution >= 4 is 7.85 Å². The molecule has 0 saturated carbocycles. The second-order valence-electron chi connectivity index (χ2n) is 2.78. The van der Waals surface area contributed by atoms with Crippen molar-refractivity contribution in [2.45, 2.75) is 20.2 Å². The average Bonchev–Trinajstić information content (AvgIpc) is 1.99. The van der Waals surface area contributed by atoms with Crippen molar-refractivity contribution in [3.63, 3.8) is 0 Å². The zero-order valence-electron chi connectivity index (χ0n) is 6.89. The van der Waals surface area contributed by atoms with Gasteiger partial charge in [-0.15, -0.1) is 0 Å². The van der Waals surface area contributed by atoms with Crippen LogP contribution in [0.25, 0.3) is 0 Å². The standard InChI is InChI=1S/C9H11BO/c1-6-3-8(5-10)4-7(2)9(6)11/h3-4,11H,5H2,1-2H3. The maximum atomic E-state index is 9.39. The molecule has 56 valence electrons. The predicted molar refractivity (Wildman–Crippen MR) is 47.0 cm³/mol. The fraction of sp³-hybridized carbons (Fsp3) is 0.333. The van der Waals surface area contributed by atoms with Crippen molar-refractivity contribution in [2.75, 3.05) is 0 Å². The van der Waals surface area contributed by atoms with Gasteiger partial charge in [-0.2, -0.15) is 0 Å². The first-order valence-electron chi connectivity index (χ1n) is 3.64. The number of phenolic OH excluding ortho intramolecular Hbond substituents is 1. The van der Waals surface area contributed by atoms with Gasteiger partial charge in [0.25, 0.3) is 0 Å². The highest BCUT2D eigenvalue weighted by molar-refractivity contribution is 6.08. The van der Waals surface area contributed by atoms with E-state index in [0.29, 0.717) is 12.1 Å². The van der Waals surface area contributed by atoms with Gasteiger partial charge in [0.15, 0.2) is 0 Å². The Labute approximate surface area is 68.5 Å². The molecule has 2 heteroatoms. The summed E-state index contributed by atoms with van der Waals surface area (Å²) in [5.41, 5.74) is 2.86. The van der Waals surface area contributed by atoms with E-state index in [0.717, 1.165) is 16.7 Å². The van der Waals surface area contributed by atoms with Gasteiger partial charge in [0.2, 0.25) is 0 Å². The van der Waals surface area contributed by atoms with Crippen LogP contribution in [0.1, 0.15) is 16.7 Å². The fourth-order valence-corrected chi connectivity index (χ4v) is 1.16. The second-order valence-corrected chi connectivity index (χ2v) is 2.78. The SMILES string of the molecule is [B]Cc1cc(C)c(O)c(C)c1. The Morgan fingerprint density at radius 1 is 1.27 bits per heavy atom. The summed E-state index contributed by atoms with van der Waals surface area (Å²) in [5, 5.41) is 9.39. The summed E-state index contributed by atoms with van der Waals surface area (Å²) in [4.78, 5) is 0. The minimum atomic E-state index is 0.377. The monoisotopic (exact) mass is 146 g/mol. The summed E-state index contributed by atoms with van der Waals surface area (Å²) in [6.07, 6.45) is 0.530. The molecule has 0 spiro atoms. The van der Waals surface area contributed by atoms with E-state index in [1.807, 2.05) is 26.0 Å². The molecule has 1 aromatic rings. The highest BCUT2D eigenvalue weighted by Gasteiger charge is 2.00. The van der Waals surface area contributed by atoms with E-state index in [4.69, 9.17) is 7.85 Å². The molecule has 0 aliphatic carbocycles. The van der Waals surface area contributed by atoms with Gasteiger partial charge in [-0.3, -0.25) is 0 Å². The maximum Gasteiger partial charge on any atom is 0.121 e. The van der Waals surface area contributed by atoms with Crippen LogP contribution in [0.2, 0.25) is 0 Å². The molecule has 0 bridgehead atoms. The number of rotatable bonds is 1. The number of hydrogen-bond acceptors (Lipinski definition) is 1. The van der Waals surface area contributed by atoms with Crippen molar-refractivity contribution in [1.82, 2.24) is 0 Å². The lowest BCUT2D eigenvalue weighted by molar-refractivity contribution is 0.466. The van der Waals surface area contributed by atoms with Crippen LogP contribution >= 0.6 is 0 Å². The molecule has 0 saturated heterocycles. The van der Waals surface area contributed by atoms with Crippen LogP contribution in [0, 0.1) is 13.8 Å². The zero-order valence-corrected chi connectivity index (χ0v) is 6.89. The number of phenols is 1. The molecule has 0 fully saturated rings. The van der Waals surface area contributed by atoms with E-state index in [2.05, 4.69) is 0 Å². The van der Waals surface area contributed by atoms with E-state index in [-0.39, 0.29) is 0 Å². The summed E-state index contributed by atoms with van der Waals surface area (Å²) in [5.74, 6) is 0.377. The van der Waals surface area contributed by atoms with Crippen LogP contribution in [0.5, 0.6) is 5.75 Å². The smallest absolute Gasteiger partial charge is 0.121 e. The average molecular weight is 146 g/mol. The minimum absolute atomic E-state index is 0.377. The Kier molecular flexibility index (Phi) is 2.23. The quantitative estimate of drug-likeness (QED) is 0.597. The Morgan fingerprint density at radius 3 is 2.09 bits per heavy atom. The lowest BCUT2D eigenvalue weighted by atomic mass is 9.94. The van der Waals surface area contributed by atoms with Crippen molar-refractivity contribution in [1.29, 1.82) is 0 Å².